The van der Waals surface area contributed by atoms with Gasteiger partial charge in [-0.15, -0.1) is 0 Å². The van der Waals surface area contributed by atoms with Crippen molar-refractivity contribution < 1.29 is 14.4 Å². The van der Waals surface area contributed by atoms with Gasteiger partial charge in [0.25, 0.3) is 5.91 Å². The van der Waals surface area contributed by atoms with E-state index in [9.17, 15) is 14.4 Å². The van der Waals surface area contributed by atoms with Gasteiger partial charge in [-0.3, -0.25) is 24.7 Å². The Morgan fingerprint density at radius 2 is 2.25 bits per heavy atom. The number of hydrogen-bond acceptors (Lipinski definition) is 4. The van der Waals surface area contributed by atoms with Gasteiger partial charge in [0, 0.05) is 6.20 Å². The zero-order chi connectivity index (χ0) is 11.5. The molecule has 2 rings (SSSR count). The average Bonchev–Trinajstić information content (AvgIpc) is 2.59. The Balaban J connectivity index is 2.03. The summed E-state index contributed by atoms with van der Waals surface area (Å²) in [5, 5.41) is 4.55. The van der Waals surface area contributed by atoms with Crippen molar-refractivity contribution in [2.75, 3.05) is 0 Å². The zero-order valence-corrected chi connectivity index (χ0v) is 8.27. The lowest BCUT2D eigenvalue weighted by Gasteiger charge is -2.07. The molecule has 82 valence electrons. The van der Waals surface area contributed by atoms with Gasteiger partial charge >= 0.3 is 0 Å². The highest BCUT2D eigenvalue weighted by Crippen LogP contribution is 2.02. The van der Waals surface area contributed by atoms with Gasteiger partial charge in [-0.2, -0.15) is 0 Å². The molecular weight excluding hydrogens is 210 g/mol. The molecule has 1 aliphatic rings. The maximum Gasteiger partial charge on any atom is 0.270 e. The Kier molecular flexibility index (Phi) is 2.63. The maximum atomic E-state index is 11.6. The van der Waals surface area contributed by atoms with E-state index in [1.54, 1.807) is 12.1 Å². The number of hydrogen-bond donors (Lipinski definition) is 2. The summed E-state index contributed by atoms with van der Waals surface area (Å²) in [7, 11) is 0. The highest BCUT2D eigenvalue weighted by atomic mass is 16.2. The van der Waals surface area contributed by atoms with Crippen LogP contribution in [0.1, 0.15) is 16.9 Å². The topological polar surface area (TPSA) is 88.2 Å². The SMILES string of the molecule is O=C1CC(NC(=O)c2ccccn2)C(=O)N1. The number of carbonyl (C=O) groups excluding carboxylic acids is 3. The highest BCUT2D eigenvalue weighted by molar-refractivity contribution is 6.07. The first-order chi connectivity index (χ1) is 7.66. The monoisotopic (exact) mass is 219 g/mol. The van der Waals surface area contributed by atoms with E-state index >= 15 is 0 Å². The van der Waals surface area contributed by atoms with Crippen molar-refractivity contribution in [1.82, 2.24) is 15.6 Å². The fourth-order valence-corrected chi connectivity index (χ4v) is 1.40. The lowest BCUT2D eigenvalue weighted by molar-refractivity contribution is -0.125. The van der Waals surface area contributed by atoms with Gasteiger partial charge < -0.3 is 5.32 Å². The molecule has 0 saturated carbocycles. The summed E-state index contributed by atoms with van der Waals surface area (Å²) < 4.78 is 0. The van der Waals surface area contributed by atoms with Crippen molar-refractivity contribution in [3.05, 3.63) is 30.1 Å². The molecule has 16 heavy (non-hydrogen) atoms. The van der Waals surface area contributed by atoms with Gasteiger partial charge in [-0.05, 0) is 12.1 Å². The standard InChI is InChI=1S/C10H9N3O3/c14-8-5-7(10(16)13-8)12-9(15)6-3-1-2-4-11-6/h1-4,7H,5H2,(H,12,15)(H,13,14,16). The van der Waals surface area contributed by atoms with Gasteiger partial charge in [-0.1, -0.05) is 6.07 Å². The Labute approximate surface area is 91.1 Å². The van der Waals surface area contributed by atoms with Gasteiger partial charge in [0.15, 0.2) is 0 Å². The molecule has 1 saturated heterocycles. The van der Waals surface area contributed by atoms with Crippen molar-refractivity contribution in [1.29, 1.82) is 0 Å². The van der Waals surface area contributed by atoms with Crippen LogP contribution in [0.4, 0.5) is 0 Å². The molecule has 2 N–H and O–H groups in total. The van der Waals surface area contributed by atoms with Crippen LogP contribution in [-0.4, -0.2) is 28.7 Å². The van der Waals surface area contributed by atoms with Crippen molar-refractivity contribution in [2.45, 2.75) is 12.5 Å². The molecule has 1 unspecified atom stereocenters. The van der Waals surface area contributed by atoms with Crippen molar-refractivity contribution in [3.8, 4) is 0 Å². The summed E-state index contributed by atoms with van der Waals surface area (Å²) >= 11 is 0. The summed E-state index contributed by atoms with van der Waals surface area (Å²) in [6.45, 7) is 0. The van der Waals surface area contributed by atoms with Crippen LogP contribution in [-0.2, 0) is 9.59 Å². The van der Waals surface area contributed by atoms with Gasteiger partial charge in [0.2, 0.25) is 11.8 Å². The number of nitrogens with one attached hydrogen (secondary N) is 2. The second kappa shape index (κ2) is 4.09. The number of aromatic nitrogens is 1. The Hall–Kier alpha value is -2.24. The van der Waals surface area contributed by atoms with Gasteiger partial charge in [0.05, 0.1) is 6.42 Å². The molecule has 1 fully saturated rings. The number of carbonyl (C=O) groups is 3. The van der Waals surface area contributed by atoms with Crippen LogP contribution in [0.3, 0.4) is 0 Å². The van der Waals surface area contributed by atoms with Gasteiger partial charge in [0.1, 0.15) is 11.7 Å². The summed E-state index contributed by atoms with van der Waals surface area (Å²) in [5.74, 6) is -1.32. The molecule has 3 amide bonds. The van der Waals surface area contributed by atoms with E-state index in [-0.39, 0.29) is 18.0 Å². The first-order valence-electron chi connectivity index (χ1n) is 4.72. The summed E-state index contributed by atoms with van der Waals surface area (Å²) in [5.41, 5.74) is 0.217. The predicted octanol–water partition coefficient (Wildman–Crippen LogP) is -0.774. The van der Waals surface area contributed by atoms with Crippen LogP contribution in [0, 0.1) is 0 Å². The minimum atomic E-state index is -0.790. The number of amides is 3. The molecule has 1 aromatic rings. The van der Waals surface area contributed by atoms with Crippen molar-refractivity contribution in [3.63, 3.8) is 0 Å². The highest BCUT2D eigenvalue weighted by Gasteiger charge is 2.31. The minimum absolute atomic E-state index is 0.0165. The van der Waals surface area contributed by atoms with Crippen molar-refractivity contribution >= 4 is 17.7 Å². The van der Waals surface area contributed by atoms with E-state index in [0.29, 0.717) is 0 Å². The molecule has 6 nitrogen and oxygen atoms in total. The zero-order valence-electron chi connectivity index (χ0n) is 8.27. The average molecular weight is 219 g/mol. The Bertz CT molecular complexity index is 444. The third kappa shape index (κ3) is 2.05. The third-order valence-electron chi connectivity index (χ3n) is 2.17. The summed E-state index contributed by atoms with van der Waals surface area (Å²) in [6, 6.07) is 4.09. The smallest absolute Gasteiger partial charge is 0.270 e. The first kappa shape index (κ1) is 10.3. The molecule has 0 spiro atoms. The maximum absolute atomic E-state index is 11.6. The van der Waals surface area contributed by atoms with Crippen LogP contribution in [0.25, 0.3) is 0 Å². The van der Waals surface area contributed by atoms with E-state index in [0.717, 1.165) is 0 Å². The fraction of sp³-hybridized carbons (Fsp3) is 0.200. The lowest BCUT2D eigenvalue weighted by atomic mass is 10.2. The molecule has 0 aromatic carbocycles. The van der Waals surface area contributed by atoms with Crippen LogP contribution < -0.4 is 10.6 Å². The molecular formula is C10H9N3O3. The fourth-order valence-electron chi connectivity index (χ4n) is 1.40. The first-order valence-corrected chi connectivity index (χ1v) is 4.72. The molecule has 1 atom stereocenters. The number of pyridine rings is 1. The predicted molar refractivity (Wildman–Crippen MR) is 53.3 cm³/mol. The van der Waals surface area contributed by atoms with Crippen LogP contribution in [0.15, 0.2) is 24.4 Å². The number of rotatable bonds is 2. The van der Waals surface area contributed by atoms with Crippen LogP contribution in [0.2, 0.25) is 0 Å². The van der Waals surface area contributed by atoms with E-state index in [1.807, 2.05) is 0 Å². The molecule has 1 aromatic heterocycles. The van der Waals surface area contributed by atoms with E-state index < -0.39 is 17.9 Å². The molecule has 2 heterocycles. The normalized spacial score (nSPS) is 19.4. The quantitative estimate of drug-likeness (QED) is 0.639. The third-order valence-corrected chi connectivity index (χ3v) is 2.17. The second-order valence-electron chi connectivity index (χ2n) is 3.36. The van der Waals surface area contributed by atoms with Crippen LogP contribution in [0.5, 0.6) is 0 Å². The molecule has 1 aliphatic heterocycles. The lowest BCUT2D eigenvalue weighted by Crippen LogP contribution is -2.40. The summed E-state index contributed by atoms with van der Waals surface area (Å²) in [4.78, 5) is 37.5. The van der Waals surface area contributed by atoms with E-state index in [1.165, 1.54) is 12.3 Å². The molecule has 0 radical (unpaired) electrons. The van der Waals surface area contributed by atoms with Gasteiger partial charge in [-0.25, -0.2) is 0 Å². The Morgan fingerprint density at radius 3 is 2.81 bits per heavy atom. The number of imide groups is 1. The minimum Gasteiger partial charge on any atom is -0.338 e. The van der Waals surface area contributed by atoms with Crippen LogP contribution >= 0.6 is 0 Å². The largest absolute Gasteiger partial charge is 0.338 e. The molecule has 0 aliphatic carbocycles. The summed E-state index contributed by atoms with van der Waals surface area (Å²) in [6.07, 6.45) is 1.46. The molecule has 6 heteroatoms. The second-order valence-corrected chi connectivity index (χ2v) is 3.36. The molecule has 0 bridgehead atoms. The van der Waals surface area contributed by atoms with E-state index in [4.69, 9.17) is 0 Å². The van der Waals surface area contributed by atoms with Crippen molar-refractivity contribution in [2.24, 2.45) is 0 Å². The number of nitrogens with zero attached hydrogens (tertiary/aromatic N) is 1. The van der Waals surface area contributed by atoms with E-state index in [2.05, 4.69) is 15.6 Å². The Morgan fingerprint density at radius 1 is 1.44 bits per heavy atom.